The minimum Gasteiger partial charge on any atom is -0.420 e. The highest BCUT2D eigenvalue weighted by Crippen LogP contribution is 2.35. The number of oxazole rings is 2. The first-order chi connectivity index (χ1) is 62.1. The Labute approximate surface area is 762 Å². The summed E-state index contributed by atoms with van der Waals surface area (Å²) in [6.07, 6.45) is 25.8. The van der Waals surface area contributed by atoms with Crippen LogP contribution in [-0.4, -0.2) is 229 Å². The predicted molar refractivity (Wildman–Crippen MR) is 521 cm³/mol. The number of nitrogens with one attached hydrogen (secondary N) is 5. The van der Waals surface area contributed by atoms with Gasteiger partial charge in [-0.25, -0.2) is 9.97 Å². The van der Waals surface area contributed by atoms with Gasteiger partial charge >= 0.3 is 0 Å². The van der Waals surface area contributed by atoms with Crippen LogP contribution in [0.25, 0.3) is 43.6 Å². The molecule has 5 N–H and O–H groups in total. The number of Topliss-reactive ketones (excluding diaryl/α,β-unsaturated/α-hetero) is 4. The van der Waals surface area contributed by atoms with Gasteiger partial charge in [-0.15, -0.1) is 15.3 Å². The van der Waals surface area contributed by atoms with Gasteiger partial charge in [-0.05, 0) is 171 Å². The van der Waals surface area contributed by atoms with Gasteiger partial charge < -0.3 is 68.0 Å². The van der Waals surface area contributed by atoms with E-state index >= 15 is 0 Å². The molecule has 25 nitrogen and oxygen atoms in total. The van der Waals surface area contributed by atoms with Crippen LogP contribution >= 0.6 is 11.3 Å². The Morgan fingerprint density at radius 2 is 0.672 bits per heavy atom. The van der Waals surface area contributed by atoms with E-state index in [1.807, 2.05) is 18.2 Å². The van der Waals surface area contributed by atoms with Crippen LogP contribution in [0.15, 0.2) is 143 Å². The predicted octanol–water partition coefficient (Wildman–Crippen LogP) is 19.7. The summed E-state index contributed by atoms with van der Waals surface area (Å²) in [5, 5.41) is 22.4. The van der Waals surface area contributed by atoms with E-state index in [4.69, 9.17) is 8.83 Å². The molecule has 8 aromatic heterocycles. The number of benzene rings is 4. The van der Waals surface area contributed by atoms with E-state index in [2.05, 4.69) is 281 Å². The van der Waals surface area contributed by atoms with Gasteiger partial charge in [0, 0.05) is 199 Å². The van der Waals surface area contributed by atoms with E-state index in [1.165, 1.54) is 55.1 Å². The zero-order valence-electron chi connectivity index (χ0n) is 78.4. The van der Waals surface area contributed by atoms with Crippen LogP contribution in [0.5, 0.6) is 0 Å². The SMILES string of the molecule is CCN1CCN(c2n[nH]c(C(=O)CC(CCC(C)C)Cc3c[nH]c4ccccc34)n2)CC1.CCN1CCN(c2ncc(C(=O)CC(CCC(C)C)Cc3c[nH]c4ccccc34)o2)CC1.CCN1CCN(c2ncc(C(=O)CC(CCC(C)C)Cc3c[nH]c4ccccc34)o2)CC1.CCN1CCN(c2nnc(C(=O)CC(CCC(C)C)Cc3c[nH]c4ccccc34)s2)CC1. The standard InChI is InChI=1S/2C26H36N4O2.C25H36N6O.C25H35N5OS/c2*1-4-29-11-13-30(14-12-29)26-28-18-25(32-26)24(31)16-20(10-9-19(2)3)15-21-17-27-23-8-6-5-7-22(21)23;1-4-30-11-13-31(14-12-30)25-27-24(28-29-25)23(32)16-19(10-9-18(2)3)15-20-17-26-22-8-6-5-7-21(20)22;1-4-29-11-13-30(14-12-29)25-28-27-24(32-25)23(31)16-19(10-9-18(2)3)15-20-17-26-22-8-6-5-7-21(20)22/h2*5-8,17-20,27H,4,9-16H2,1-3H3;5-8,17-19,26H,4,9-16H2,1-3H3,(H,27,28,29);5-8,17-19,26H,4,9-16H2,1-3H3. The molecule has 4 unspecified atom stereocenters. The molecule has 16 rings (SSSR count). The van der Waals surface area contributed by atoms with E-state index in [9.17, 15) is 19.2 Å². The second-order valence-corrected chi connectivity index (χ2v) is 38.6. The second kappa shape index (κ2) is 47.4. The smallest absolute Gasteiger partial charge is 0.297 e. The molecule has 688 valence electrons. The minimum absolute atomic E-state index is 0.0598. The molecule has 4 aliphatic heterocycles. The van der Waals surface area contributed by atoms with Gasteiger partial charge in [0.1, 0.15) is 0 Å². The Bertz CT molecular complexity index is 4720. The lowest BCUT2D eigenvalue weighted by molar-refractivity contribution is 0.0922. The van der Waals surface area contributed by atoms with Crippen molar-refractivity contribution >= 4 is 101 Å². The summed E-state index contributed by atoms with van der Waals surface area (Å²) in [4.78, 5) is 97.8. The van der Waals surface area contributed by atoms with Gasteiger partial charge in [0.2, 0.25) is 11.1 Å². The van der Waals surface area contributed by atoms with Crippen molar-refractivity contribution in [3.63, 3.8) is 0 Å². The monoisotopic (exact) mass is 1760 g/mol. The number of aromatic nitrogens is 11. The zero-order valence-corrected chi connectivity index (χ0v) is 79.2. The van der Waals surface area contributed by atoms with Crippen LogP contribution < -0.4 is 19.6 Å². The number of hydrogen-bond acceptors (Lipinski definition) is 21. The normalized spacial score (nSPS) is 16.2. The van der Waals surface area contributed by atoms with Crippen molar-refractivity contribution in [3.8, 4) is 0 Å². The van der Waals surface area contributed by atoms with E-state index in [-0.39, 0.29) is 40.9 Å². The summed E-state index contributed by atoms with van der Waals surface area (Å²) in [6, 6.07) is 34.7. The van der Waals surface area contributed by atoms with Gasteiger partial charge in [0.15, 0.2) is 45.5 Å². The Hall–Kier alpha value is -10.1. The highest BCUT2D eigenvalue weighted by molar-refractivity contribution is 7.17. The number of piperazine rings is 4. The highest BCUT2D eigenvalue weighted by atomic mass is 32.1. The summed E-state index contributed by atoms with van der Waals surface area (Å²) in [7, 11) is 0. The van der Waals surface area contributed by atoms with E-state index < -0.39 is 0 Å². The fourth-order valence-electron chi connectivity index (χ4n) is 18.3. The van der Waals surface area contributed by atoms with Gasteiger partial charge in [-0.1, -0.05) is 193 Å². The maximum Gasteiger partial charge on any atom is 0.297 e. The summed E-state index contributed by atoms with van der Waals surface area (Å²) >= 11 is 1.46. The van der Waals surface area contributed by atoms with Crippen molar-refractivity contribution in [2.45, 2.75) is 186 Å². The molecule has 0 saturated carbocycles. The molecular weight excluding hydrogens is 1620 g/mol. The molecule has 4 saturated heterocycles. The average molecular weight is 1760 g/mol. The zero-order chi connectivity index (χ0) is 90.0. The third kappa shape index (κ3) is 27.0. The van der Waals surface area contributed by atoms with Gasteiger partial charge in [-0.3, -0.25) is 24.3 Å². The summed E-state index contributed by atoms with van der Waals surface area (Å²) < 4.78 is 11.9. The van der Waals surface area contributed by atoms with E-state index in [1.54, 1.807) is 12.4 Å². The molecular formula is C102H143N19O6S. The molecule has 4 fully saturated rings. The van der Waals surface area contributed by atoms with Crippen molar-refractivity contribution in [2.75, 3.05) is 150 Å². The number of likely N-dealkylation sites (N-methyl/N-ethyl adjacent to an activating group) is 4. The summed E-state index contributed by atoms with van der Waals surface area (Å²) in [5.74, 6) is 5.80. The third-order valence-electron chi connectivity index (χ3n) is 26.5. The topological polar surface area (TPSA) is 277 Å². The van der Waals surface area contributed by atoms with Crippen molar-refractivity contribution in [2.24, 2.45) is 47.3 Å². The number of H-pyrrole nitrogens is 5. The lowest BCUT2D eigenvalue weighted by Crippen LogP contribution is -2.46. The fraction of sp³-hybridized carbons (Fsp3) is 0.549. The Morgan fingerprint density at radius 1 is 0.367 bits per heavy atom. The third-order valence-corrected chi connectivity index (χ3v) is 27.6. The van der Waals surface area contributed by atoms with E-state index in [0.29, 0.717) is 95.6 Å². The molecule has 0 aliphatic carbocycles. The lowest BCUT2D eigenvalue weighted by Gasteiger charge is -2.33. The largest absolute Gasteiger partial charge is 0.420 e. The van der Waals surface area contributed by atoms with Gasteiger partial charge in [0.25, 0.3) is 12.0 Å². The number of carbonyl (C=O) groups is 4. The van der Waals surface area contributed by atoms with Crippen LogP contribution in [0.4, 0.5) is 23.1 Å². The number of para-hydroxylation sites is 4. The van der Waals surface area contributed by atoms with Crippen LogP contribution in [0.3, 0.4) is 0 Å². The number of hydrogen-bond donors (Lipinski definition) is 5. The molecule has 4 atom stereocenters. The molecule has 128 heavy (non-hydrogen) atoms. The number of anilines is 4. The van der Waals surface area contributed by atoms with Gasteiger partial charge in [0.05, 0.1) is 12.4 Å². The van der Waals surface area contributed by atoms with E-state index in [0.717, 1.165) is 235 Å². The number of carbonyl (C=O) groups excluding carboxylic acids is 4. The average Bonchev–Trinajstić information content (AvgIpc) is 1.69. The number of aromatic amines is 5. The van der Waals surface area contributed by atoms with Crippen molar-refractivity contribution in [1.29, 1.82) is 0 Å². The number of fused-ring (bicyclic) bond motifs is 4. The molecule has 4 aliphatic rings. The van der Waals surface area contributed by atoms with Crippen LogP contribution in [0.1, 0.15) is 224 Å². The van der Waals surface area contributed by atoms with Crippen molar-refractivity contribution < 1.29 is 28.0 Å². The first kappa shape index (κ1) is 95.5. The Balaban J connectivity index is 0.000000146. The number of rotatable bonds is 40. The maximum absolute atomic E-state index is 13.2. The second-order valence-electron chi connectivity index (χ2n) is 37.7. The van der Waals surface area contributed by atoms with Crippen molar-refractivity contribution in [3.05, 3.63) is 179 Å². The summed E-state index contributed by atoms with van der Waals surface area (Å²) in [6.45, 7) is 46.4. The van der Waals surface area contributed by atoms with Crippen LogP contribution in [0.2, 0.25) is 0 Å². The molecule has 12 aromatic rings. The first-order valence-corrected chi connectivity index (χ1v) is 48.8. The molecule has 0 radical (unpaired) electrons. The molecule has 26 heteroatoms. The number of ketones is 4. The molecule has 0 amide bonds. The molecule has 4 aromatic carbocycles. The quantitative estimate of drug-likeness (QED) is 0.0223. The van der Waals surface area contributed by atoms with Crippen molar-refractivity contribution in [1.82, 2.24) is 74.9 Å². The van der Waals surface area contributed by atoms with Gasteiger partial charge in [-0.2, -0.15) is 4.98 Å². The van der Waals surface area contributed by atoms with Crippen LogP contribution in [0, 0.1) is 47.3 Å². The number of nitrogens with zero attached hydrogens (tertiary/aromatic N) is 14. The molecule has 0 bridgehead atoms. The summed E-state index contributed by atoms with van der Waals surface area (Å²) in [5.41, 5.74) is 9.78. The van der Waals surface area contributed by atoms with Crippen LogP contribution in [-0.2, 0) is 25.7 Å². The highest BCUT2D eigenvalue weighted by Gasteiger charge is 2.31. The fourth-order valence-corrected chi connectivity index (χ4v) is 19.2. The maximum atomic E-state index is 13.2. The lowest BCUT2D eigenvalue weighted by atomic mass is 9.87. The molecule has 0 spiro atoms. The molecule has 12 heterocycles. The first-order valence-electron chi connectivity index (χ1n) is 48.0. The Morgan fingerprint density at radius 3 is 1.00 bits per heavy atom. The Kier molecular flexibility index (Phi) is 35.4. The minimum atomic E-state index is 0.0598.